The van der Waals surface area contributed by atoms with Crippen LogP contribution in [0.1, 0.15) is 34.3 Å². The Balaban J connectivity index is 1.57. The summed E-state index contributed by atoms with van der Waals surface area (Å²) in [5.74, 6) is -0.479. The normalized spacial score (nSPS) is 13.8. The average molecular weight is 413 g/mol. The molecule has 5 nitrogen and oxygen atoms in total. The smallest absolute Gasteiger partial charge is 0.258 e. The standard InChI is InChI=1S/C21H20N2O3S2/c1-28(25,26)19-9-5-4-8-17(19)20(24)23-21-22-18(13-27-21)16-11-10-14-6-2-3-7-15(14)12-16/h4-5,8-13H,2-3,6-7H2,1H3,(H,22,23,24). The zero-order valence-electron chi connectivity index (χ0n) is 15.4. The first kappa shape index (κ1) is 18.8. The van der Waals surface area contributed by atoms with Gasteiger partial charge in [-0.15, -0.1) is 11.3 Å². The first-order valence-corrected chi connectivity index (χ1v) is 11.9. The predicted molar refractivity (Wildman–Crippen MR) is 112 cm³/mol. The molecule has 1 amide bonds. The van der Waals surface area contributed by atoms with E-state index in [9.17, 15) is 13.2 Å². The Morgan fingerprint density at radius 1 is 1.07 bits per heavy atom. The Bertz CT molecular complexity index is 1150. The van der Waals surface area contributed by atoms with E-state index in [-0.39, 0.29) is 10.5 Å². The van der Waals surface area contributed by atoms with Crippen molar-refractivity contribution in [3.63, 3.8) is 0 Å². The number of fused-ring (bicyclic) bond motifs is 1. The number of aromatic nitrogens is 1. The summed E-state index contributed by atoms with van der Waals surface area (Å²) in [5.41, 5.74) is 4.76. The van der Waals surface area contributed by atoms with Crippen LogP contribution in [0.4, 0.5) is 5.13 Å². The summed E-state index contributed by atoms with van der Waals surface area (Å²) in [6.45, 7) is 0. The first-order valence-electron chi connectivity index (χ1n) is 9.10. The van der Waals surface area contributed by atoms with Crippen molar-refractivity contribution in [3.05, 3.63) is 64.5 Å². The molecule has 3 aromatic rings. The number of amides is 1. The molecule has 0 radical (unpaired) electrons. The summed E-state index contributed by atoms with van der Waals surface area (Å²) in [5, 5.41) is 5.08. The van der Waals surface area contributed by atoms with Gasteiger partial charge in [0.25, 0.3) is 5.91 Å². The zero-order chi connectivity index (χ0) is 19.7. The van der Waals surface area contributed by atoms with Gasteiger partial charge in [-0.1, -0.05) is 24.3 Å². The molecule has 144 valence electrons. The van der Waals surface area contributed by atoms with Gasteiger partial charge in [0.05, 0.1) is 16.2 Å². The Kier molecular flexibility index (Phi) is 5.03. The van der Waals surface area contributed by atoms with E-state index in [1.54, 1.807) is 12.1 Å². The molecule has 1 aromatic heterocycles. The molecule has 2 aromatic carbocycles. The Labute approximate surface area is 168 Å². The van der Waals surface area contributed by atoms with Crippen LogP contribution in [0.15, 0.2) is 52.7 Å². The van der Waals surface area contributed by atoms with E-state index in [4.69, 9.17) is 0 Å². The lowest BCUT2D eigenvalue weighted by molar-refractivity contribution is 0.102. The van der Waals surface area contributed by atoms with Crippen molar-refractivity contribution in [2.45, 2.75) is 30.6 Å². The van der Waals surface area contributed by atoms with Gasteiger partial charge < -0.3 is 0 Å². The van der Waals surface area contributed by atoms with Crippen molar-refractivity contribution in [1.29, 1.82) is 0 Å². The lowest BCUT2D eigenvalue weighted by atomic mass is 9.90. The summed E-state index contributed by atoms with van der Waals surface area (Å²) < 4.78 is 23.8. The number of aryl methyl sites for hydroxylation is 2. The largest absolute Gasteiger partial charge is 0.298 e. The first-order chi connectivity index (χ1) is 13.4. The summed E-state index contributed by atoms with van der Waals surface area (Å²) >= 11 is 1.33. The second-order valence-corrected chi connectivity index (χ2v) is 9.79. The average Bonchev–Trinajstić information content (AvgIpc) is 3.15. The molecule has 28 heavy (non-hydrogen) atoms. The molecule has 1 N–H and O–H groups in total. The quantitative estimate of drug-likeness (QED) is 0.691. The van der Waals surface area contributed by atoms with Gasteiger partial charge in [0.2, 0.25) is 0 Å². The van der Waals surface area contributed by atoms with Gasteiger partial charge >= 0.3 is 0 Å². The molecule has 7 heteroatoms. The number of benzene rings is 2. The van der Waals surface area contributed by atoms with Gasteiger partial charge in [-0.3, -0.25) is 10.1 Å². The number of anilines is 1. The number of rotatable bonds is 4. The number of hydrogen-bond acceptors (Lipinski definition) is 5. The van der Waals surface area contributed by atoms with Crippen LogP contribution in [0.3, 0.4) is 0 Å². The molecule has 0 aliphatic heterocycles. The SMILES string of the molecule is CS(=O)(=O)c1ccccc1C(=O)Nc1nc(-c2ccc3c(c2)CCCC3)cs1. The van der Waals surface area contributed by atoms with Crippen LogP contribution in [0, 0.1) is 0 Å². The molecule has 0 bridgehead atoms. The monoisotopic (exact) mass is 412 g/mol. The third-order valence-corrected chi connectivity index (χ3v) is 6.81. The number of carbonyl (C=O) groups excluding carboxylic acids is 1. The summed E-state index contributed by atoms with van der Waals surface area (Å²) in [6.07, 6.45) is 5.78. The maximum absolute atomic E-state index is 12.6. The van der Waals surface area contributed by atoms with Gasteiger partial charge in [-0.25, -0.2) is 13.4 Å². The third-order valence-electron chi connectivity index (χ3n) is 4.90. The second-order valence-electron chi connectivity index (χ2n) is 6.95. The number of carbonyl (C=O) groups is 1. The van der Waals surface area contributed by atoms with Crippen molar-refractivity contribution >= 4 is 32.2 Å². The summed E-state index contributed by atoms with van der Waals surface area (Å²) in [7, 11) is -3.50. The lowest BCUT2D eigenvalue weighted by Gasteiger charge is -2.16. The highest BCUT2D eigenvalue weighted by molar-refractivity contribution is 7.90. The van der Waals surface area contributed by atoms with E-state index < -0.39 is 15.7 Å². The van der Waals surface area contributed by atoms with Crippen LogP contribution in [-0.2, 0) is 22.7 Å². The molecule has 1 aliphatic rings. The molecule has 1 heterocycles. The van der Waals surface area contributed by atoms with Crippen LogP contribution in [-0.4, -0.2) is 25.6 Å². The van der Waals surface area contributed by atoms with Crippen LogP contribution < -0.4 is 5.32 Å². The molecular formula is C21H20N2O3S2. The topological polar surface area (TPSA) is 76.1 Å². The number of nitrogens with zero attached hydrogens (tertiary/aromatic N) is 1. The Morgan fingerprint density at radius 3 is 2.61 bits per heavy atom. The van der Waals surface area contributed by atoms with Gasteiger partial charge in [-0.05, 0) is 55.0 Å². The number of hydrogen-bond donors (Lipinski definition) is 1. The number of nitrogens with one attached hydrogen (secondary N) is 1. The summed E-state index contributed by atoms with van der Waals surface area (Å²) in [4.78, 5) is 17.1. The maximum Gasteiger partial charge on any atom is 0.258 e. The summed E-state index contributed by atoms with van der Waals surface area (Å²) in [6, 6.07) is 12.6. The maximum atomic E-state index is 12.6. The minimum atomic E-state index is -3.50. The van der Waals surface area contributed by atoms with Gasteiger partial charge in [0, 0.05) is 17.2 Å². The Hall–Kier alpha value is -2.51. The fourth-order valence-corrected chi connectivity index (χ4v) is 5.10. The molecule has 0 atom stereocenters. The zero-order valence-corrected chi connectivity index (χ0v) is 17.1. The molecule has 0 fully saturated rings. The highest BCUT2D eigenvalue weighted by atomic mass is 32.2. The van der Waals surface area contributed by atoms with Crippen molar-refractivity contribution in [1.82, 2.24) is 4.98 Å². The van der Waals surface area contributed by atoms with Gasteiger partial charge in [0.15, 0.2) is 15.0 Å². The molecule has 4 rings (SSSR count). The number of sulfone groups is 1. The highest BCUT2D eigenvalue weighted by Crippen LogP contribution is 2.30. The molecular weight excluding hydrogens is 392 g/mol. The van der Waals surface area contributed by atoms with E-state index in [2.05, 4.69) is 28.5 Å². The minimum Gasteiger partial charge on any atom is -0.298 e. The minimum absolute atomic E-state index is 0.0129. The van der Waals surface area contributed by atoms with E-state index >= 15 is 0 Å². The molecule has 0 spiro atoms. The van der Waals surface area contributed by atoms with Crippen LogP contribution in [0.2, 0.25) is 0 Å². The molecule has 1 aliphatic carbocycles. The molecule has 0 saturated carbocycles. The van der Waals surface area contributed by atoms with E-state index in [0.717, 1.165) is 30.4 Å². The van der Waals surface area contributed by atoms with E-state index in [1.165, 1.54) is 47.4 Å². The third kappa shape index (κ3) is 3.86. The van der Waals surface area contributed by atoms with Crippen molar-refractivity contribution in [2.24, 2.45) is 0 Å². The van der Waals surface area contributed by atoms with Crippen LogP contribution in [0.5, 0.6) is 0 Å². The lowest BCUT2D eigenvalue weighted by Crippen LogP contribution is -2.15. The van der Waals surface area contributed by atoms with Crippen molar-refractivity contribution < 1.29 is 13.2 Å². The van der Waals surface area contributed by atoms with E-state index in [1.807, 2.05) is 5.38 Å². The Morgan fingerprint density at radius 2 is 1.82 bits per heavy atom. The van der Waals surface area contributed by atoms with Gasteiger partial charge in [-0.2, -0.15) is 0 Å². The van der Waals surface area contributed by atoms with Gasteiger partial charge in [0.1, 0.15) is 0 Å². The molecule has 0 saturated heterocycles. The molecule has 0 unspecified atom stereocenters. The van der Waals surface area contributed by atoms with Crippen LogP contribution >= 0.6 is 11.3 Å². The predicted octanol–water partition coefficient (Wildman–Crippen LogP) is 4.34. The van der Waals surface area contributed by atoms with Crippen molar-refractivity contribution in [3.8, 4) is 11.3 Å². The number of thiazole rings is 1. The van der Waals surface area contributed by atoms with Crippen LogP contribution in [0.25, 0.3) is 11.3 Å². The van der Waals surface area contributed by atoms with Crippen molar-refractivity contribution in [2.75, 3.05) is 11.6 Å². The second kappa shape index (κ2) is 7.48. The highest BCUT2D eigenvalue weighted by Gasteiger charge is 2.19. The van der Waals surface area contributed by atoms with E-state index in [0.29, 0.717) is 5.13 Å². The fraction of sp³-hybridized carbons (Fsp3) is 0.238. The fourth-order valence-electron chi connectivity index (χ4n) is 3.50.